The molecule has 0 N–H and O–H groups in total. The fourth-order valence-corrected chi connectivity index (χ4v) is 7.88. The average molecular weight is 415 g/mol. The molecule has 0 bridgehead atoms. The van der Waals surface area contributed by atoms with Gasteiger partial charge in [-0.2, -0.15) is 0 Å². The highest BCUT2D eigenvalue weighted by Crippen LogP contribution is 2.63. The van der Waals surface area contributed by atoms with Crippen molar-refractivity contribution in [1.82, 2.24) is 0 Å². The average Bonchev–Trinajstić information content (AvgIpc) is 3.12. The van der Waals surface area contributed by atoms with Crippen molar-refractivity contribution in [2.24, 2.45) is 29.1 Å². The number of rotatable bonds is 8. The molecule has 4 rings (SSSR count). The molecule has 3 heteroatoms. The summed E-state index contributed by atoms with van der Waals surface area (Å²) in [5, 5.41) is 0. The van der Waals surface area contributed by atoms with Crippen LogP contribution in [-0.4, -0.2) is 17.9 Å². The summed E-state index contributed by atoms with van der Waals surface area (Å²) in [4.78, 5) is 24.5. The highest BCUT2D eigenvalue weighted by molar-refractivity contribution is 5.91. The third-order valence-electron chi connectivity index (χ3n) is 9.35. The van der Waals surface area contributed by atoms with E-state index in [9.17, 15) is 9.59 Å². The van der Waals surface area contributed by atoms with Gasteiger partial charge < -0.3 is 4.74 Å². The van der Waals surface area contributed by atoms with Gasteiger partial charge in [0.15, 0.2) is 5.78 Å². The van der Waals surface area contributed by atoms with Crippen LogP contribution in [0, 0.1) is 29.1 Å². The molecule has 0 amide bonds. The lowest BCUT2D eigenvalue weighted by Gasteiger charge is -2.54. The Balaban J connectivity index is 1.39. The number of hydrogen-bond acceptors (Lipinski definition) is 3. The summed E-state index contributed by atoms with van der Waals surface area (Å²) in [6.07, 6.45) is 18.7. The van der Waals surface area contributed by atoms with E-state index < -0.39 is 0 Å². The van der Waals surface area contributed by atoms with Crippen LogP contribution >= 0.6 is 0 Å². The molecule has 0 aromatic heterocycles. The van der Waals surface area contributed by atoms with Crippen molar-refractivity contribution >= 4 is 11.8 Å². The van der Waals surface area contributed by atoms with Gasteiger partial charge in [-0.15, -0.1) is 0 Å². The second kappa shape index (κ2) is 9.57. The molecule has 0 heterocycles. The molecule has 30 heavy (non-hydrogen) atoms. The molecule has 0 unspecified atom stereocenters. The standard InChI is InChI=1S/C27H42O3/c1-3-5-6-7-8-9-26(29)30-25-15-14-24-23-12-10-19-18-20(28)11-13-21(19)22(23)16-17-27(24,25)4-2/h18,21-25H,3-17H2,1-2H3/t21-,22+,23+,24-,25-,27-/m0/s1. The summed E-state index contributed by atoms with van der Waals surface area (Å²) in [6.45, 7) is 4.55. The molecule has 168 valence electrons. The predicted molar refractivity (Wildman–Crippen MR) is 120 cm³/mol. The second-order valence-electron chi connectivity index (χ2n) is 10.6. The van der Waals surface area contributed by atoms with Gasteiger partial charge in [0.1, 0.15) is 6.10 Å². The number of fused-ring (bicyclic) bond motifs is 5. The molecule has 0 aliphatic heterocycles. The van der Waals surface area contributed by atoms with Crippen molar-refractivity contribution in [2.75, 3.05) is 0 Å². The number of esters is 1. The van der Waals surface area contributed by atoms with E-state index in [0.29, 0.717) is 24.0 Å². The Hall–Kier alpha value is -1.12. The Kier molecular flexibility index (Phi) is 7.05. The fourth-order valence-electron chi connectivity index (χ4n) is 7.88. The Morgan fingerprint density at radius 1 is 1.00 bits per heavy atom. The van der Waals surface area contributed by atoms with Gasteiger partial charge in [0.25, 0.3) is 0 Å². The van der Waals surface area contributed by atoms with Crippen LogP contribution in [-0.2, 0) is 14.3 Å². The van der Waals surface area contributed by atoms with E-state index in [2.05, 4.69) is 13.8 Å². The fraction of sp³-hybridized carbons (Fsp3) is 0.852. The van der Waals surface area contributed by atoms with Crippen LogP contribution in [0.25, 0.3) is 0 Å². The maximum Gasteiger partial charge on any atom is 0.306 e. The summed E-state index contributed by atoms with van der Waals surface area (Å²) < 4.78 is 6.19. The molecule has 3 nitrogen and oxygen atoms in total. The highest BCUT2D eigenvalue weighted by Gasteiger charge is 2.58. The molecule has 0 spiro atoms. The maximum atomic E-state index is 12.6. The summed E-state index contributed by atoms with van der Waals surface area (Å²) in [6, 6.07) is 0. The third-order valence-corrected chi connectivity index (χ3v) is 9.35. The second-order valence-corrected chi connectivity index (χ2v) is 10.6. The van der Waals surface area contributed by atoms with Crippen molar-refractivity contribution in [3.63, 3.8) is 0 Å². The zero-order valence-corrected chi connectivity index (χ0v) is 19.3. The molecule has 4 aliphatic rings. The first-order valence-corrected chi connectivity index (χ1v) is 13.0. The van der Waals surface area contributed by atoms with Crippen molar-refractivity contribution in [1.29, 1.82) is 0 Å². The van der Waals surface area contributed by atoms with Crippen LogP contribution in [0.15, 0.2) is 11.6 Å². The molecule has 0 aromatic carbocycles. The molecule has 6 atom stereocenters. The first kappa shape index (κ1) is 22.1. The normalized spacial score (nSPS) is 37.7. The van der Waals surface area contributed by atoms with Gasteiger partial charge in [-0.05, 0) is 87.5 Å². The third kappa shape index (κ3) is 4.15. The monoisotopic (exact) mass is 414 g/mol. The van der Waals surface area contributed by atoms with Crippen LogP contribution in [0.1, 0.15) is 110 Å². The van der Waals surface area contributed by atoms with E-state index >= 15 is 0 Å². The lowest BCUT2D eigenvalue weighted by molar-refractivity contribution is -0.160. The maximum absolute atomic E-state index is 12.6. The van der Waals surface area contributed by atoms with Gasteiger partial charge in [0, 0.05) is 18.3 Å². The molecule has 0 radical (unpaired) electrons. The zero-order valence-electron chi connectivity index (χ0n) is 19.3. The number of unbranched alkanes of at least 4 members (excludes halogenated alkanes) is 4. The largest absolute Gasteiger partial charge is 0.462 e. The molecule has 0 aromatic rings. The number of carbonyl (C=O) groups excluding carboxylic acids is 2. The Labute approximate surface area is 183 Å². The summed E-state index contributed by atoms with van der Waals surface area (Å²) in [5.74, 6) is 3.29. The van der Waals surface area contributed by atoms with Crippen molar-refractivity contribution < 1.29 is 14.3 Å². The van der Waals surface area contributed by atoms with E-state index in [4.69, 9.17) is 4.74 Å². The smallest absolute Gasteiger partial charge is 0.306 e. The zero-order chi connectivity index (χ0) is 21.1. The topological polar surface area (TPSA) is 43.4 Å². The van der Waals surface area contributed by atoms with Crippen LogP contribution in [0.5, 0.6) is 0 Å². The van der Waals surface area contributed by atoms with Crippen LogP contribution in [0.2, 0.25) is 0 Å². The minimum Gasteiger partial charge on any atom is -0.462 e. The Morgan fingerprint density at radius 3 is 2.63 bits per heavy atom. The van der Waals surface area contributed by atoms with E-state index in [1.807, 2.05) is 6.08 Å². The summed E-state index contributed by atoms with van der Waals surface area (Å²) in [5.41, 5.74) is 1.67. The predicted octanol–water partition coefficient (Wildman–Crippen LogP) is 6.79. The van der Waals surface area contributed by atoms with Crippen molar-refractivity contribution in [3.8, 4) is 0 Å². The summed E-state index contributed by atoms with van der Waals surface area (Å²) >= 11 is 0. The van der Waals surface area contributed by atoms with Gasteiger partial charge in [-0.25, -0.2) is 0 Å². The molecular formula is C27H42O3. The van der Waals surface area contributed by atoms with E-state index in [0.717, 1.165) is 56.8 Å². The molecule has 0 saturated heterocycles. The number of carbonyl (C=O) groups is 2. The minimum atomic E-state index is 0.0479. The summed E-state index contributed by atoms with van der Waals surface area (Å²) in [7, 11) is 0. The number of allylic oxidation sites excluding steroid dienone is 1. The lowest BCUT2D eigenvalue weighted by Crippen LogP contribution is -2.49. The van der Waals surface area contributed by atoms with E-state index in [-0.39, 0.29) is 17.5 Å². The van der Waals surface area contributed by atoms with Gasteiger partial charge in [0.2, 0.25) is 0 Å². The van der Waals surface area contributed by atoms with Gasteiger partial charge in [0.05, 0.1) is 0 Å². The lowest BCUT2D eigenvalue weighted by atomic mass is 9.51. The van der Waals surface area contributed by atoms with E-state index in [1.165, 1.54) is 50.5 Å². The number of hydrogen-bond donors (Lipinski definition) is 0. The number of ketones is 1. The molecular weight excluding hydrogens is 372 g/mol. The SMILES string of the molecule is CCCCCCCC(=O)O[C@H]1CC[C@H]2[C@@H]3CCC4=CC(=O)CC[C@@H]4[C@H]3CC[C@]12CC. The van der Waals surface area contributed by atoms with Gasteiger partial charge in [-0.1, -0.05) is 45.1 Å². The number of ether oxygens (including phenoxy) is 1. The Bertz CT molecular complexity index is 665. The van der Waals surface area contributed by atoms with Crippen molar-refractivity contribution in [2.45, 2.75) is 116 Å². The van der Waals surface area contributed by atoms with Gasteiger partial charge >= 0.3 is 5.97 Å². The quantitative estimate of drug-likeness (QED) is 0.324. The van der Waals surface area contributed by atoms with Crippen LogP contribution < -0.4 is 0 Å². The minimum absolute atomic E-state index is 0.0479. The first-order chi connectivity index (χ1) is 14.6. The Morgan fingerprint density at radius 2 is 1.83 bits per heavy atom. The first-order valence-electron chi connectivity index (χ1n) is 13.0. The van der Waals surface area contributed by atoms with Crippen LogP contribution in [0.3, 0.4) is 0 Å². The van der Waals surface area contributed by atoms with Crippen molar-refractivity contribution in [3.05, 3.63) is 11.6 Å². The van der Waals surface area contributed by atoms with Gasteiger partial charge in [-0.3, -0.25) is 9.59 Å². The highest BCUT2D eigenvalue weighted by atomic mass is 16.5. The van der Waals surface area contributed by atoms with E-state index in [1.54, 1.807) is 0 Å². The molecule has 4 aliphatic carbocycles. The van der Waals surface area contributed by atoms with Crippen LogP contribution in [0.4, 0.5) is 0 Å². The molecule has 3 saturated carbocycles. The molecule has 3 fully saturated rings.